The third-order valence-electron chi connectivity index (χ3n) is 4.44. The van der Waals surface area contributed by atoms with Gasteiger partial charge in [-0.15, -0.1) is 22.7 Å². The SMILES string of the molecule is O=C(Nc1nc(-c2ccc(Cl)cc2)cs1)[C@H]1CCCN1S(=O)(=O)c1cccs1. The molecule has 10 heteroatoms. The van der Waals surface area contributed by atoms with E-state index in [1.807, 2.05) is 17.5 Å². The van der Waals surface area contributed by atoms with Crippen LogP contribution in [0.25, 0.3) is 11.3 Å². The maximum Gasteiger partial charge on any atom is 0.253 e. The van der Waals surface area contributed by atoms with Gasteiger partial charge in [-0.25, -0.2) is 13.4 Å². The number of anilines is 1. The molecule has 0 bridgehead atoms. The summed E-state index contributed by atoms with van der Waals surface area (Å²) >= 11 is 8.36. The maximum absolute atomic E-state index is 12.8. The summed E-state index contributed by atoms with van der Waals surface area (Å²) in [4.78, 5) is 17.2. The second kappa shape index (κ2) is 7.92. The van der Waals surface area contributed by atoms with Crippen molar-refractivity contribution in [2.75, 3.05) is 11.9 Å². The average Bonchev–Trinajstić information content (AvgIpc) is 3.43. The van der Waals surface area contributed by atoms with E-state index < -0.39 is 16.1 Å². The minimum Gasteiger partial charge on any atom is -0.301 e. The normalized spacial score (nSPS) is 17.7. The molecule has 1 aliphatic rings. The third-order valence-corrected chi connectivity index (χ3v) is 8.73. The molecule has 1 fully saturated rings. The number of carbonyl (C=O) groups excluding carboxylic acids is 1. The first-order valence-corrected chi connectivity index (χ1v) is 12.1. The van der Waals surface area contributed by atoms with E-state index in [2.05, 4.69) is 10.3 Å². The molecule has 4 rings (SSSR count). The number of halogens is 1. The fourth-order valence-electron chi connectivity index (χ4n) is 3.09. The first-order valence-electron chi connectivity index (χ1n) is 8.53. The highest BCUT2D eigenvalue weighted by molar-refractivity contribution is 7.91. The van der Waals surface area contributed by atoms with E-state index in [9.17, 15) is 13.2 Å². The predicted molar refractivity (Wildman–Crippen MR) is 112 cm³/mol. The van der Waals surface area contributed by atoms with Gasteiger partial charge in [-0.1, -0.05) is 29.8 Å². The highest BCUT2D eigenvalue weighted by atomic mass is 35.5. The van der Waals surface area contributed by atoms with Crippen molar-refractivity contribution in [3.8, 4) is 11.3 Å². The van der Waals surface area contributed by atoms with Crippen molar-refractivity contribution in [2.24, 2.45) is 0 Å². The van der Waals surface area contributed by atoms with Crippen LogP contribution in [-0.4, -0.2) is 36.2 Å². The molecule has 1 aliphatic heterocycles. The zero-order valence-electron chi connectivity index (χ0n) is 14.5. The van der Waals surface area contributed by atoms with Crippen molar-refractivity contribution in [3.05, 3.63) is 52.2 Å². The molecule has 3 aromatic rings. The van der Waals surface area contributed by atoms with E-state index in [0.29, 0.717) is 29.5 Å². The molecule has 0 aliphatic carbocycles. The summed E-state index contributed by atoms with van der Waals surface area (Å²) in [5.74, 6) is -0.352. The molecule has 1 aromatic carbocycles. The Kier molecular flexibility index (Phi) is 5.52. The minimum atomic E-state index is -3.66. The van der Waals surface area contributed by atoms with Gasteiger partial charge < -0.3 is 5.32 Å². The Bertz CT molecular complexity index is 1080. The molecule has 6 nitrogen and oxygen atoms in total. The number of nitrogens with zero attached hydrogens (tertiary/aromatic N) is 2. The third kappa shape index (κ3) is 3.85. The summed E-state index contributed by atoms with van der Waals surface area (Å²) < 4.78 is 27.2. The minimum absolute atomic E-state index is 0.256. The zero-order chi connectivity index (χ0) is 19.7. The van der Waals surface area contributed by atoms with Crippen molar-refractivity contribution in [2.45, 2.75) is 23.1 Å². The van der Waals surface area contributed by atoms with E-state index >= 15 is 0 Å². The number of thiazole rings is 1. The number of nitrogens with one attached hydrogen (secondary N) is 1. The number of aromatic nitrogens is 1. The van der Waals surface area contributed by atoms with Crippen LogP contribution in [0.4, 0.5) is 5.13 Å². The van der Waals surface area contributed by atoms with Crippen LogP contribution in [-0.2, 0) is 14.8 Å². The predicted octanol–water partition coefficient (Wildman–Crippen LogP) is 4.32. The number of rotatable bonds is 5. The summed E-state index contributed by atoms with van der Waals surface area (Å²) in [6.07, 6.45) is 1.14. The highest BCUT2D eigenvalue weighted by Gasteiger charge is 2.40. The second-order valence-electron chi connectivity index (χ2n) is 6.24. The van der Waals surface area contributed by atoms with Gasteiger partial charge in [-0.3, -0.25) is 4.79 Å². The first-order chi connectivity index (χ1) is 13.4. The van der Waals surface area contributed by atoms with E-state index in [-0.39, 0.29) is 10.1 Å². The fourth-order valence-corrected chi connectivity index (χ4v) is 6.71. The van der Waals surface area contributed by atoms with Crippen molar-refractivity contribution in [1.82, 2.24) is 9.29 Å². The molecule has 3 heterocycles. The van der Waals surface area contributed by atoms with Crippen molar-refractivity contribution in [1.29, 1.82) is 0 Å². The van der Waals surface area contributed by atoms with Crippen molar-refractivity contribution in [3.63, 3.8) is 0 Å². The Morgan fingerprint density at radius 3 is 2.71 bits per heavy atom. The van der Waals surface area contributed by atoms with Gasteiger partial charge in [-0.05, 0) is 36.4 Å². The lowest BCUT2D eigenvalue weighted by Gasteiger charge is -2.22. The Hall–Kier alpha value is -1.78. The molecule has 146 valence electrons. The molecule has 28 heavy (non-hydrogen) atoms. The summed E-state index contributed by atoms with van der Waals surface area (Å²) in [6, 6.07) is 9.80. The molecule has 0 saturated carbocycles. The van der Waals surface area contributed by atoms with E-state index in [0.717, 1.165) is 22.6 Å². The van der Waals surface area contributed by atoms with Gasteiger partial charge in [0.15, 0.2) is 5.13 Å². The first kappa shape index (κ1) is 19.5. The van der Waals surface area contributed by atoms with Crippen LogP contribution in [0.3, 0.4) is 0 Å². The van der Waals surface area contributed by atoms with E-state index in [1.165, 1.54) is 15.6 Å². The molecular weight excluding hydrogens is 438 g/mol. The molecule has 0 radical (unpaired) electrons. The number of carbonyl (C=O) groups is 1. The van der Waals surface area contributed by atoms with Crippen molar-refractivity contribution >= 4 is 55.3 Å². The molecule has 0 unspecified atom stereocenters. The molecule has 2 aromatic heterocycles. The Morgan fingerprint density at radius 2 is 2.00 bits per heavy atom. The Morgan fingerprint density at radius 1 is 1.21 bits per heavy atom. The van der Waals surface area contributed by atoms with E-state index in [1.54, 1.807) is 29.6 Å². The summed E-state index contributed by atoms with van der Waals surface area (Å²) in [5, 5.41) is 7.41. The fraction of sp³-hybridized carbons (Fsp3) is 0.222. The summed E-state index contributed by atoms with van der Waals surface area (Å²) in [5.41, 5.74) is 1.62. The molecule has 1 N–H and O–H groups in total. The Balaban J connectivity index is 1.50. The number of hydrogen-bond donors (Lipinski definition) is 1. The van der Waals surface area contributed by atoms with Crippen LogP contribution >= 0.6 is 34.3 Å². The molecule has 1 atom stereocenters. The standard InChI is InChI=1S/C18H16ClN3O3S3/c19-13-7-5-12(6-8-13)14-11-27-18(20-14)21-17(23)15-3-1-9-22(15)28(24,25)16-4-2-10-26-16/h2,4-8,10-11,15H,1,3,9H2,(H,20,21,23)/t15-/m1/s1. The molecule has 0 spiro atoms. The topological polar surface area (TPSA) is 79.4 Å². The van der Waals surface area contributed by atoms with E-state index in [4.69, 9.17) is 11.6 Å². The van der Waals surface area contributed by atoms with Gasteiger partial charge in [0.2, 0.25) is 5.91 Å². The van der Waals surface area contributed by atoms with Gasteiger partial charge in [0.1, 0.15) is 10.3 Å². The van der Waals surface area contributed by atoms with Crippen LogP contribution in [0, 0.1) is 0 Å². The van der Waals surface area contributed by atoms with Crippen LogP contribution < -0.4 is 5.32 Å². The smallest absolute Gasteiger partial charge is 0.253 e. The van der Waals surface area contributed by atoms with Gasteiger partial charge in [0, 0.05) is 22.5 Å². The van der Waals surface area contributed by atoms with Gasteiger partial charge in [0.25, 0.3) is 10.0 Å². The zero-order valence-corrected chi connectivity index (χ0v) is 17.7. The van der Waals surface area contributed by atoms with Gasteiger partial charge in [-0.2, -0.15) is 4.31 Å². The quantitative estimate of drug-likeness (QED) is 0.624. The number of sulfonamides is 1. The molecule has 1 amide bonds. The maximum atomic E-state index is 12.8. The lowest BCUT2D eigenvalue weighted by molar-refractivity contribution is -0.119. The van der Waals surface area contributed by atoms with Crippen LogP contribution in [0.15, 0.2) is 51.4 Å². The number of thiophene rings is 1. The monoisotopic (exact) mass is 453 g/mol. The average molecular weight is 454 g/mol. The van der Waals surface area contributed by atoms with Crippen LogP contribution in [0.5, 0.6) is 0 Å². The second-order valence-corrected chi connectivity index (χ2v) is 10.6. The highest BCUT2D eigenvalue weighted by Crippen LogP contribution is 2.30. The van der Waals surface area contributed by atoms with Crippen molar-refractivity contribution < 1.29 is 13.2 Å². The molecule has 1 saturated heterocycles. The number of benzene rings is 1. The van der Waals surface area contributed by atoms with Gasteiger partial charge >= 0.3 is 0 Å². The number of hydrogen-bond acceptors (Lipinski definition) is 6. The number of amides is 1. The molecular formula is C18H16ClN3O3S3. The summed E-state index contributed by atoms with van der Waals surface area (Å²) in [7, 11) is -3.66. The van der Waals surface area contributed by atoms with Gasteiger partial charge in [0.05, 0.1) is 5.69 Å². The Labute approximate surface area is 175 Å². The summed E-state index contributed by atoms with van der Waals surface area (Å²) in [6.45, 7) is 0.339. The largest absolute Gasteiger partial charge is 0.301 e. The lowest BCUT2D eigenvalue weighted by Crippen LogP contribution is -2.42. The van der Waals surface area contributed by atoms with Crippen LogP contribution in [0.1, 0.15) is 12.8 Å². The van der Waals surface area contributed by atoms with Crippen LogP contribution in [0.2, 0.25) is 5.02 Å². The lowest BCUT2D eigenvalue weighted by atomic mass is 10.2.